The molecule has 1 aliphatic heterocycles. The number of carbonyl (C=O) groups is 2. The quantitative estimate of drug-likeness (QED) is 0.324. The standard InChI is InChI=1S/C29H29N3O6/c1-35-15-13-31(29(34)30-25-10-4-7-22-6-2-3-9-24(22)25)19-28(33)32(18-23-8-5-14-36-23)17-21-11-12-26-27(16-21)38-20-37-26/h2-12,14,16H,13,15,17-20H2,1H3,(H,30,34). The van der Waals surface area contributed by atoms with E-state index in [1.807, 2.05) is 66.7 Å². The van der Waals surface area contributed by atoms with Crippen molar-refractivity contribution in [3.05, 3.63) is 90.4 Å². The van der Waals surface area contributed by atoms with Crippen molar-refractivity contribution in [3.8, 4) is 11.5 Å². The van der Waals surface area contributed by atoms with Crippen LogP contribution in [0.5, 0.6) is 11.5 Å². The number of anilines is 1. The third-order valence-corrected chi connectivity index (χ3v) is 6.30. The molecule has 1 aliphatic rings. The molecular formula is C29H29N3O6. The molecule has 0 fully saturated rings. The number of hydrogen-bond acceptors (Lipinski definition) is 6. The van der Waals surface area contributed by atoms with Crippen LogP contribution in [0.4, 0.5) is 10.5 Å². The first-order valence-electron chi connectivity index (χ1n) is 12.3. The summed E-state index contributed by atoms with van der Waals surface area (Å²) >= 11 is 0. The second kappa shape index (κ2) is 11.7. The van der Waals surface area contributed by atoms with Gasteiger partial charge in [-0.15, -0.1) is 0 Å². The maximum Gasteiger partial charge on any atom is 0.322 e. The van der Waals surface area contributed by atoms with E-state index in [4.69, 9.17) is 18.6 Å². The predicted octanol–water partition coefficient (Wildman–Crippen LogP) is 4.87. The summed E-state index contributed by atoms with van der Waals surface area (Å²) in [7, 11) is 1.56. The Morgan fingerprint density at radius 1 is 0.921 bits per heavy atom. The Morgan fingerprint density at radius 2 is 1.76 bits per heavy atom. The summed E-state index contributed by atoms with van der Waals surface area (Å²) in [4.78, 5) is 30.1. The normalized spacial score (nSPS) is 11.9. The SMILES string of the molecule is COCCN(CC(=O)N(Cc1ccc2c(c1)OCO2)Cc1ccco1)C(=O)Nc1cccc2ccccc12. The summed E-state index contributed by atoms with van der Waals surface area (Å²) in [5.41, 5.74) is 1.55. The molecule has 2 heterocycles. The van der Waals surface area contributed by atoms with Crippen molar-refractivity contribution in [1.82, 2.24) is 9.80 Å². The van der Waals surface area contributed by atoms with E-state index in [1.54, 1.807) is 24.3 Å². The molecule has 9 nitrogen and oxygen atoms in total. The molecule has 0 radical (unpaired) electrons. The maximum atomic E-state index is 13.6. The molecule has 1 aromatic heterocycles. The summed E-state index contributed by atoms with van der Waals surface area (Å²) in [6.45, 7) is 1.13. The molecule has 0 bridgehead atoms. The van der Waals surface area contributed by atoms with Crippen molar-refractivity contribution in [2.45, 2.75) is 13.1 Å². The highest BCUT2D eigenvalue weighted by molar-refractivity contribution is 6.02. The van der Waals surface area contributed by atoms with E-state index in [1.165, 1.54) is 4.90 Å². The highest BCUT2D eigenvalue weighted by atomic mass is 16.7. The zero-order chi connectivity index (χ0) is 26.3. The van der Waals surface area contributed by atoms with E-state index in [0.717, 1.165) is 16.3 Å². The number of amides is 3. The molecule has 0 unspecified atom stereocenters. The number of nitrogens with one attached hydrogen (secondary N) is 1. The number of urea groups is 1. The average Bonchev–Trinajstić information content (AvgIpc) is 3.62. The third kappa shape index (κ3) is 5.90. The van der Waals surface area contributed by atoms with Crippen molar-refractivity contribution in [2.24, 2.45) is 0 Å². The summed E-state index contributed by atoms with van der Waals surface area (Å²) in [5.74, 6) is 1.73. The predicted molar refractivity (Wildman–Crippen MR) is 142 cm³/mol. The molecule has 3 aromatic carbocycles. The number of nitrogens with zero attached hydrogens (tertiary/aromatic N) is 2. The zero-order valence-corrected chi connectivity index (χ0v) is 21.1. The molecule has 0 spiro atoms. The van der Waals surface area contributed by atoms with Gasteiger partial charge in [0.05, 0.1) is 25.1 Å². The average molecular weight is 516 g/mol. The molecular weight excluding hydrogens is 486 g/mol. The number of fused-ring (bicyclic) bond motifs is 2. The van der Waals surface area contributed by atoms with Crippen LogP contribution in [0.2, 0.25) is 0 Å². The van der Waals surface area contributed by atoms with Crippen LogP contribution in [0.1, 0.15) is 11.3 Å². The van der Waals surface area contributed by atoms with Crippen molar-refractivity contribution < 1.29 is 28.2 Å². The summed E-state index contributed by atoms with van der Waals surface area (Å²) in [6, 6.07) is 22.3. The van der Waals surface area contributed by atoms with Gasteiger partial charge < -0.3 is 33.7 Å². The Labute approximate surface area is 220 Å². The first kappa shape index (κ1) is 25.2. The Balaban J connectivity index is 1.34. The van der Waals surface area contributed by atoms with Gasteiger partial charge in [0, 0.05) is 25.6 Å². The van der Waals surface area contributed by atoms with E-state index in [2.05, 4.69) is 5.32 Å². The van der Waals surface area contributed by atoms with Crippen LogP contribution in [-0.4, -0.2) is 55.3 Å². The molecule has 4 aromatic rings. The fourth-order valence-electron chi connectivity index (χ4n) is 4.33. The lowest BCUT2D eigenvalue weighted by Gasteiger charge is -2.27. The van der Waals surface area contributed by atoms with Crippen molar-refractivity contribution >= 4 is 28.4 Å². The third-order valence-electron chi connectivity index (χ3n) is 6.30. The van der Waals surface area contributed by atoms with Crippen LogP contribution in [0.15, 0.2) is 83.5 Å². The smallest absolute Gasteiger partial charge is 0.322 e. The molecule has 9 heteroatoms. The lowest BCUT2D eigenvalue weighted by atomic mass is 10.1. The van der Waals surface area contributed by atoms with Crippen LogP contribution in [0.25, 0.3) is 10.8 Å². The topological polar surface area (TPSA) is 93.5 Å². The number of benzene rings is 3. The van der Waals surface area contributed by atoms with E-state index in [-0.39, 0.29) is 45.0 Å². The van der Waals surface area contributed by atoms with Gasteiger partial charge in [0.1, 0.15) is 12.3 Å². The highest BCUT2D eigenvalue weighted by Crippen LogP contribution is 2.33. The minimum Gasteiger partial charge on any atom is -0.467 e. The Kier molecular flexibility index (Phi) is 7.75. The molecule has 38 heavy (non-hydrogen) atoms. The summed E-state index contributed by atoms with van der Waals surface area (Å²) in [5, 5.41) is 4.91. The van der Waals surface area contributed by atoms with E-state index < -0.39 is 0 Å². The van der Waals surface area contributed by atoms with Crippen molar-refractivity contribution in [3.63, 3.8) is 0 Å². The maximum absolute atomic E-state index is 13.6. The summed E-state index contributed by atoms with van der Waals surface area (Å²) < 4.78 is 21.6. The number of rotatable bonds is 10. The van der Waals surface area contributed by atoms with Crippen LogP contribution < -0.4 is 14.8 Å². The molecule has 1 N–H and O–H groups in total. The van der Waals surface area contributed by atoms with Gasteiger partial charge in [-0.2, -0.15) is 0 Å². The second-order valence-corrected chi connectivity index (χ2v) is 8.89. The first-order valence-corrected chi connectivity index (χ1v) is 12.3. The van der Waals surface area contributed by atoms with E-state index >= 15 is 0 Å². The highest BCUT2D eigenvalue weighted by Gasteiger charge is 2.24. The van der Waals surface area contributed by atoms with Crippen LogP contribution in [0, 0.1) is 0 Å². The lowest BCUT2D eigenvalue weighted by molar-refractivity contribution is -0.133. The molecule has 196 valence electrons. The Bertz CT molecular complexity index is 1400. The minimum atomic E-state index is -0.382. The van der Waals surface area contributed by atoms with Crippen LogP contribution >= 0.6 is 0 Å². The molecule has 5 rings (SSSR count). The number of furan rings is 1. The van der Waals surface area contributed by atoms with Gasteiger partial charge in [-0.25, -0.2) is 4.79 Å². The van der Waals surface area contributed by atoms with Gasteiger partial charge in [-0.1, -0.05) is 42.5 Å². The monoisotopic (exact) mass is 515 g/mol. The van der Waals surface area contributed by atoms with Gasteiger partial charge in [0.25, 0.3) is 0 Å². The van der Waals surface area contributed by atoms with E-state index in [9.17, 15) is 9.59 Å². The van der Waals surface area contributed by atoms with Gasteiger partial charge >= 0.3 is 6.03 Å². The largest absolute Gasteiger partial charge is 0.467 e. The Hall–Kier alpha value is -4.50. The number of ether oxygens (including phenoxy) is 3. The second-order valence-electron chi connectivity index (χ2n) is 8.89. The Morgan fingerprint density at radius 3 is 2.61 bits per heavy atom. The lowest BCUT2D eigenvalue weighted by Crippen LogP contribution is -2.45. The molecule has 3 amide bonds. The van der Waals surface area contributed by atoms with Gasteiger partial charge in [0.15, 0.2) is 11.5 Å². The van der Waals surface area contributed by atoms with Crippen LogP contribution in [0.3, 0.4) is 0 Å². The molecule has 0 aliphatic carbocycles. The van der Waals surface area contributed by atoms with Gasteiger partial charge in [-0.05, 0) is 41.3 Å². The minimum absolute atomic E-state index is 0.134. The molecule has 0 saturated heterocycles. The van der Waals surface area contributed by atoms with Crippen LogP contribution in [-0.2, 0) is 22.6 Å². The van der Waals surface area contributed by atoms with Gasteiger partial charge in [0.2, 0.25) is 12.7 Å². The number of methoxy groups -OCH3 is 1. The fraction of sp³-hybridized carbons (Fsp3) is 0.241. The van der Waals surface area contributed by atoms with Gasteiger partial charge in [-0.3, -0.25) is 4.79 Å². The van der Waals surface area contributed by atoms with Crippen molar-refractivity contribution in [1.29, 1.82) is 0 Å². The van der Waals surface area contributed by atoms with E-state index in [0.29, 0.717) is 29.5 Å². The number of carbonyl (C=O) groups excluding carboxylic acids is 2. The molecule has 0 atom stereocenters. The number of hydrogen-bond donors (Lipinski definition) is 1. The fourth-order valence-corrected chi connectivity index (χ4v) is 4.33. The molecule has 0 saturated carbocycles. The zero-order valence-electron chi connectivity index (χ0n) is 21.1. The van der Waals surface area contributed by atoms with Crippen molar-refractivity contribution in [2.75, 3.05) is 38.9 Å². The summed E-state index contributed by atoms with van der Waals surface area (Å²) in [6.07, 6.45) is 1.57. The first-order chi connectivity index (χ1) is 18.6.